The van der Waals surface area contributed by atoms with E-state index in [1.807, 2.05) is 72.8 Å². The lowest BCUT2D eigenvalue weighted by atomic mass is 9.39. The molecule has 12 rings (SSSR count). The quantitative estimate of drug-likeness (QED) is 0.0185. The van der Waals surface area contributed by atoms with Crippen molar-refractivity contribution in [3.8, 4) is 11.1 Å². The van der Waals surface area contributed by atoms with E-state index < -0.39 is 51.4 Å². The van der Waals surface area contributed by atoms with Gasteiger partial charge in [-0.1, -0.05) is 94.0 Å². The third-order valence-electron chi connectivity index (χ3n) is 20.0. The van der Waals surface area contributed by atoms with Crippen molar-refractivity contribution in [2.24, 2.45) is 28.1 Å². The van der Waals surface area contributed by atoms with Gasteiger partial charge in [-0.15, -0.1) is 0 Å². The highest BCUT2D eigenvalue weighted by molar-refractivity contribution is 7.85. The molecule has 4 aliphatic carbocycles. The van der Waals surface area contributed by atoms with Crippen LogP contribution in [0.25, 0.3) is 21.3 Å². The lowest BCUT2D eigenvalue weighted by molar-refractivity contribution is -0.248. The molecule has 6 aliphatic rings. The van der Waals surface area contributed by atoms with Crippen molar-refractivity contribution in [2.45, 2.75) is 156 Å². The Hall–Kier alpha value is -8.52. The molecule has 0 saturated heterocycles. The highest BCUT2D eigenvalue weighted by atomic mass is 32.2. The molecule has 2 unspecified atom stereocenters. The van der Waals surface area contributed by atoms with Crippen molar-refractivity contribution in [1.82, 2.24) is 34.9 Å². The SMILES string of the molecule is Cc1c(-c2ccc(N3CCc4cccc(C(=O)Nc5nc6ccccc6s5)c4C3)nc2C(=O)O)cnn1CC12CC3(C)CC(C)(C1)CC(OCCN(CCS(=O)(=O)O)C(=O)OCc1ccc(CC(=O)[C@H](C)NC(=O)[C@@H](CC(=O)CCCCCN4C(=O)C=CC4=O)C(C)C)cc1)(C3)C2. The van der Waals surface area contributed by atoms with Gasteiger partial charge in [0.05, 0.1) is 40.4 Å². The summed E-state index contributed by atoms with van der Waals surface area (Å²) in [6.07, 6.45) is 11.1. The molecule has 4 saturated carbocycles. The van der Waals surface area contributed by atoms with Gasteiger partial charge in [0, 0.05) is 99.0 Å². The monoisotopic (exact) mass is 1360 g/mol. The van der Waals surface area contributed by atoms with Crippen molar-refractivity contribution in [3.05, 3.63) is 136 Å². The van der Waals surface area contributed by atoms with Gasteiger partial charge in [0.1, 0.15) is 18.2 Å². The zero-order chi connectivity index (χ0) is 69.2. The van der Waals surface area contributed by atoms with Gasteiger partial charge in [-0.3, -0.25) is 48.2 Å². The summed E-state index contributed by atoms with van der Waals surface area (Å²) in [5, 5.41) is 22.0. The molecule has 4 atom stereocenters. The third-order valence-corrected chi connectivity index (χ3v) is 21.7. The van der Waals surface area contributed by atoms with Crippen LogP contribution in [0.4, 0.5) is 15.7 Å². The number of nitrogens with zero attached hydrogens (tertiary/aromatic N) is 7. The van der Waals surface area contributed by atoms with Crippen LogP contribution in [0.1, 0.15) is 154 Å². The first-order valence-electron chi connectivity index (χ1n) is 33.3. The Morgan fingerprint density at radius 1 is 0.814 bits per heavy atom. The second kappa shape index (κ2) is 28.5. The van der Waals surface area contributed by atoms with Crippen molar-refractivity contribution >= 4 is 89.9 Å². The van der Waals surface area contributed by atoms with Gasteiger partial charge in [0.2, 0.25) is 5.91 Å². The summed E-state index contributed by atoms with van der Waals surface area (Å²) in [5.41, 5.74) is 5.17. The van der Waals surface area contributed by atoms with E-state index >= 15 is 0 Å². The molecule has 4 fully saturated rings. The van der Waals surface area contributed by atoms with Gasteiger partial charge in [-0.2, -0.15) is 13.5 Å². The number of rotatable bonds is 30. The molecule has 25 heteroatoms. The predicted octanol–water partition coefficient (Wildman–Crippen LogP) is 10.4. The van der Waals surface area contributed by atoms with Crippen LogP contribution >= 0.6 is 11.3 Å². The number of carbonyl (C=O) groups excluding carboxylic acids is 7. The molecule has 514 valence electrons. The topological polar surface area (TPSA) is 307 Å². The zero-order valence-electron chi connectivity index (χ0n) is 55.8. The molecule has 4 N–H and O–H groups in total. The van der Waals surface area contributed by atoms with Crippen LogP contribution in [-0.2, 0) is 76.1 Å². The van der Waals surface area contributed by atoms with E-state index in [-0.39, 0.29) is 109 Å². The number of ketones is 2. The maximum Gasteiger partial charge on any atom is 0.410 e. The highest BCUT2D eigenvalue weighted by Gasteiger charge is 2.66. The fraction of sp³-hybridized carbons (Fsp3) is 0.486. The van der Waals surface area contributed by atoms with E-state index in [2.05, 4.69) is 29.5 Å². The summed E-state index contributed by atoms with van der Waals surface area (Å²) in [7, 11) is -4.47. The average Bonchev–Trinajstić information content (AvgIpc) is 0.719. The fourth-order valence-electron chi connectivity index (χ4n) is 16.5. The number of hydrogen-bond donors (Lipinski definition) is 4. The van der Waals surface area contributed by atoms with E-state index in [1.54, 1.807) is 49.5 Å². The molecule has 97 heavy (non-hydrogen) atoms. The number of anilines is 2. The number of amides is 5. The number of carbonyl (C=O) groups is 8. The summed E-state index contributed by atoms with van der Waals surface area (Å²) in [5.74, 6) is -3.93. The molecule has 5 amide bonds. The first kappa shape index (κ1) is 69.8. The largest absolute Gasteiger partial charge is 0.476 e. The van der Waals surface area contributed by atoms with Crippen molar-refractivity contribution < 1.29 is 65.9 Å². The number of nitrogens with one attached hydrogen (secondary N) is 2. The van der Waals surface area contributed by atoms with Gasteiger partial charge < -0.3 is 29.7 Å². The van der Waals surface area contributed by atoms with Gasteiger partial charge in [-0.05, 0) is 146 Å². The number of para-hydroxylation sites is 1. The van der Waals surface area contributed by atoms with E-state index in [0.29, 0.717) is 90.5 Å². The minimum Gasteiger partial charge on any atom is -0.476 e. The number of hydrogen-bond acceptors (Lipinski definition) is 17. The normalized spacial score (nSPS) is 21.6. The van der Waals surface area contributed by atoms with Crippen LogP contribution in [0.5, 0.6) is 0 Å². The maximum absolute atomic E-state index is 13.8. The number of benzene rings is 3. The number of fused-ring (bicyclic) bond motifs is 2. The predicted molar refractivity (Wildman–Crippen MR) is 364 cm³/mol. The van der Waals surface area contributed by atoms with Crippen LogP contribution in [0, 0.1) is 35.0 Å². The van der Waals surface area contributed by atoms with E-state index in [9.17, 15) is 56.4 Å². The minimum absolute atomic E-state index is 0.00786. The lowest BCUT2D eigenvalue weighted by Crippen LogP contribution is -2.64. The van der Waals surface area contributed by atoms with E-state index in [0.717, 1.165) is 59.1 Å². The number of carboxylic acids is 1. The Bertz CT molecular complexity index is 4130. The number of unbranched alkanes of at least 4 members (excludes halogenated alkanes) is 2. The zero-order valence-corrected chi connectivity index (χ0v) is 57.4. The van der Waals surface area contributed by atoms with Crippen LogP contribution in [0.2, 0.25) is 0 Å². The third kappa shape index (κ3) is 16.4. The Morgan fingerprint density at radius 2 is 1.54 bits per heavy atom. The number of pyridine rings is 1. The number of Topliss-reactive ketones (excluding diaryl/α,β-unsaturated/α-hetero) is 2. The minimum atomic E-state index is -4.47. The molecule has 6 aromatic rings. The number of thiazole rings is 1. The van der Waals surface area contributed by atoms with Crippen LogP contribution in [-0.4, -0.2) is 145 Å². The van der Waals surface area contributed by atoms with Gasteiger partial charge >= 0.3 is 12.1 Å². The molecule has 3 aromatic heterocycles. The first-order chi connectivity index (χ1) is 46.1. The average molecular weight is 1360 g/mol. The molecular weight excluding hydrogens is 1280 g/mol. The van der Waals surface area contributed by atoms with Crippen molar-refractivity contribution in [3.63, 3.8) is 0 Å². The molecular formula is C72H85N9O14S2. The second-order valence-electron chi connectivity index (χ2n) is 28.5. The smallest absolute Gasteiger partial charge is 0.410 e. The number of aromatic nitrogens is 4. The number of ether oxygens (including phenoxy) is 2. The summed E-state index contributed by atoms with van der Waals surface area (Å²) < 4.78 is 49.5. The fourth-order valence-corrected chi connectivity index (χ4v) is 17.8. The molecule has 3 aromatic carbocycles. The summed E-state index contributed by atoms with van der Waals surface area (Å²) in [6, 6.07) is 23.0. The molecule has 0 radical (unpaired) electrons. The Labute approximate surface area is 568 Å². The first-order valence-corrected chi connectivity index (χ1v) is 35.8. The maximum atomic E-state index is 13.8. The van der Waals surface area contributed by atoms with Crippen LogP contribution in [0.15, 0.2) is 97.2 Å². The molecule has 0 spiro atoms. The molecule has 23 nitrogen and oxygen atoms in total. The van der Waals surface area contributed by atoms with E-state index in [1.165, 1.54) is 33.3 Å². The van der Waals surface area contributed by atoms with Crippen LogP contribution < -0.4 is 15.5 Å². The Morgan fingerprint density at radius 3 is 2.24 bits per heavy atom. The number of imide groups is 1. The van der Waals surface area contributed by atoms with E-state index in [4.69, 9.17) is 19.6 Å². The van der Waals surface area contributed by atoms with Gasteiger partial charge in [0.15, 0.2) is 16.6 Å². The Balaban J connectivity index is 0.682. The highest BCUT2D eigenvalue weighted by Crippen LogP contribution is 2.72. The number of aromatic carboxylic acids is 1. The lowest BCUT2D eigenvalue weighted by Gasteiger charge is -2.69. The summed E-state index contributed by atoms with van der Waals surface area (Å²) in [4.78, 5) is 118. The van der Waals surface area contributed by atoms with Gasteiger partial charge in [-0.25, -0.2) is 19.6 Å². The Kier molecular flexibility index (Phi) is 20.5. The molecule has 2 aliphatic heterocycles. The van der Waals surface area contributed by atoms with Crippen molar-refractivity contribution in [1.29, 1.82) is 0 Å². The van der Waals surface area contributed by atoms with Crippen molar-refractivity contribution in [2.75, 3.05) is 48.8 Å². The summed E-state index contributed by atoms with van der Waals surface area (Å²) >= 11 is 1.40. The molecule has 5 heterocycles. The standard InChI is InChI=1S/C72H85N9O14S2/c1-45(2)54(34-51(82)14-8-7-11-27-80-61(84)24-25-62(80)85)65(87)74-46(3)58(83)33-48-18-20-49(21-19-48)37-94-68(90)78(30-32-97(91,92)93)29-31-95-72-41-69(5)38-70(6,42-72)40-71(39-69,43-72)44-81-47(4)55(35-73-81)52-22-23-60(76-63(52)66(88)89)79-28-26-50-13-12-15-53(56(50)36-79)64(86)77-67-75-57-16-9-10-17-59(57)96-67/h9-10,12-13,15-25,35,45-46,54H,7-8,11,14,26-34,36-44H2,1-6H3,(H,74,87)(H,88,89)(H,75,77,86)(H,91,92,93)/t46-,54-,69?,70?,71?,72?/m0/s1. The molecule has 4 bridgehead atoms. The number of carboxylic acid groups (broad SMARTS) is 1. The van der Waals surface area contributed by atoms with Gasteiger partial charge in [0.25, 0.3) is 27.8 Å². The summed E-state index contributed by atoms with van der Waals surface area (Å²) in [6.45, 7) is 13.1. The second-order valence-corrected chi connectivity index (χ2v) is 31.1. The van der Waals surface area contributed by atoms with Crippen LogP contribution in [0.3, 0.4) is 0 Å².